The Labute approximate surface area is 174 Å². The van der Waals surface area contributed by atoms with Gasteiger partial charge in [0.25, 0.3) is 0 Å². The van der Waals surface area contributed by atoms with Crippen molar-refractivity contribution < 1.29 is 13.2 Å². The minimum atomic E-state index is -3.83. The number of rotatable bonds is 6. The fourth-order valence-corrected chi connectivity index (χ4v) is 5.83. The molecule has 1 aliphatic rings. The van der Waals surface area contributed by atoms with E-state index in [1.54, 1.807) is 4.90 Å². The highest BCUT2D eigenvalue weighted by Gasteiger charge is 2.31. The van der Waals surface area contributed by atoms with Crippen LogP contribution in [0, 0.1) is 27.7 Å². The first-order valence-corrected chi connectivity index (χ1v) is 11.5. The fraction of sp³-hybridized carbons (Fsp3) is 0.435. The topological polar surface area (TPSA) is 57.7 Å². The van der Waals surface area contributed by atoms with E-state index < -0.39 is 10.0 Å². The predicted octanol–water partition coefficient (Wildman–Crippen LogP) is 3.73. The van der Waals surface area contributed by atoms with Crippen LogP contribution in [-0.4, -0.2) is 43.2 Å². The summed E-state index contributed by atoms with van der Waals surface area (Å²) in [6.07, 6.45) is 1.96. The van der Waals surface area contributed by atoms with Crippen molar-refractivity contribution in [3.8, 4) is 0 Å². The highest BCUT2D eigenvalue weighted by molar-refractivity contribution is 7.89. The lowest BCUT2D eigenvalue weighted by Crippen LogP contribution is -2.41. The Balaban J connectivity index is 1.98. The Morgan fingerprint density at radius 3 is 2.03 bits per heavy atom. The van der Waals surface area contributed by atoms with Crippen LogP contribution in [0.15, 0.2) is 41.3 Å². The molecular weight excluding hydrogens is 384 g/mol. The number of hydrogen-bond acceptors (Lipinski definition) is 3. The van der Waals surface area contributed by atoms with Gasteiger partial charge in [0.15, 0.2) is 0 Å². The van der Waals surface area contributed by atoms with Gasteiger partial charge < -0.3 is 4.90 Å². The third-order valence-corrected chi connectivity index (χ3v) is 7.55. The van der Waals surface area contributed by atoms with Gasteiger partial charge in [-0.15, -0.1) is 0 Å². The van der Waals surface area contributed by atoms with Crippen LogP contribution in [-0.2, 0) is 21.4 Å². The Morgan fingerprint density at radius 2 is 1.48 bits per heavy atom. The smallest absolute Gasteiger partial charge is 0.244 e. The van der Waals surface area contributed by atoms with Crippen molar-refractivity contribution in [2.24, 2.45) is 0 Å². The molecule has 0 aromatic heterocycles. The summed E-state index contributed by atoms with van der Waals surface area (Å²) in [5.74, 6) is -0.124. The van der Waals surface area contributed by atoms with Crippen molar-refractivity contribution in [1.82, 2.24) is 9.21 Å². The maximum Gasteiger partial charge on any atom is 0.244 e. The zero-order valence-electron chi connectivity index (χ0n) is 17.7. The average molecular weight is 415 g/mol. The quantitative estimate of drug-likeness (QED) is 0.724. The second-order valence-electron chi connectivity index (χ2n) is 8.07. The summed E-state index contributed by atoms with van der Waals surface area (Å²) in [5.41, 5.74) is 4.43. The SMILES string of the molecule is Cc1ccc(CN(CC(=O)N2CCCC2)S(=O)(=O)c2c(C)cc(C)cc2C)cc1. The normalized spacial score (nSPS) is 14.6. The number of carbonyl (C=O) groups is 1. The predicted molar refractivity (Wildman–Crippen MR) is 115 cm³/mol. The van der Waals surface area contributed by atoms with Gasteiger partial charge in [-0.2, -0.15) is 4.31 Å². The molecule has 0 saturated carbocycles. The Bertz CT molecular complexity index is 968. The van der Waals surface area contributed by atoms with E-state index in [1.165, 1.54) is 4.31 Å². The van der Waals surface area contributed by atoms with Gasteiger partial charge in [-0.25, -0.2) is 8.42 Å². The van der Waals surface area contributed by atoms with Gasteiger partial charge in [0.1, 0.15) is 0 Å². The molecule has 5 nitrogen and oxygen atoms in total. The van der Waals surface area contributed by atoms with E-state index in [0.29, 0.717) is 29.1 Å². The van der Waals surface area contributed by atoms with Gasteiger partial charge in [-0.1, -0.05) is 47.5 Å². The van der Waals surface area contributed by atoms with E-state index in [0.717, 1.165) is 29.5 Å². The first-order chi connectivity index (χ1) is 13.7. The highest BCUT2D eigenvalue weighted by atomic mass is 32.2. The molecule has 3 rings (SSSR count). The number of aryl methyl sites for hydroxylation is 4. The summed E-state index contributed by atoms with van der Waals surface area (Å²) in [4.78, 5) is 14.9. The van der Waals surface area contributed by atoms with Crippen molar-refractivity contribution >= 4 is 15.9 Å². The van der Waals surface area contributed by atoms with E-state index in [9.17, 15) is 13.2 Å². The van der Waals surface area contributed by atoms with Gasteiger partial charge in [0.05, 0.1) is 11.4 Å². The van der Waals surface area contributed by atoms with Crippen LogP contribution in [0.4, 0.5) is 0 Å². The van der Waals surface area contributed by atoms with Gasteiger partial charge >= 0.3 is 0 Å². The summed E-state index contributed by atoms with van der Waals surface area (Å²) in [6.45, 7) is 9.04. The van der Waals surface area contributed by atoms with Crippen LogP contribution < -0.4 is 0 Å². The zero-order chi connectivity index (χ0) is 21.2. The molecule has 2 aromatic rings. The zero-order valence-corrected chi connectivity index (χ0v) is 18.6. The lowest BCUT2D eigenvalue weighted by atomic mass is 10.1. The molecule has 0 bridgehead atoms. The van der Waals surface area contributed by atoms with Gasteiger partial charge in [-0.3, -0.25) is 4.79 Å². The molecule has 0 aliphatic carbocycles. The number of nitrogens with zero attached hydrogens (tertiary/aromatic N) is 2. The summed E-state index contributed by atoms with van der Waals surface area (Å²) in [6, 6.07) is 11.5. The van der Waals surface area contributed by atoms with Crippen LogP contribution in [0.5, 0.6) is 0 Å². The van der Waals surface area contributed by atoms with E-state index in [2.05, 4.69) is 0 Å². The van der Waals surface area contributed by atoms with E-state index >= 15 is 0 Å². The molecule has 0 radical (unpaired) electrons. The average Bonchev–Trinajstić information content (AvgIpc) is 3.16. The number of benzene rings is 2. The second-order valence-corrected chi connectivity index (χ2v) is 9.95. The summed E-state index contributed by atoms with van der Waals surface area (Å²) in [5, 5.41) is 0. The molecule has 1 amide bonds. The maximum atomic E-state index is 13.7. The van der Waals surface area contributed by atoms with E-state index in [4.69, 9.17) is 0 Å². The largest absolute Gasteiger partial charge is 0.342 e. The number of hydrogen-bond donors (Lipinski definition) is 0. The van der Waals surface area contributed by atoms with Crippen LogP contribution in [0.2, 0.25) is 0 Å². The van der Waals surface area contributed by atoms with Crippen LogP contribution in [0.25, 0.3) is 0 Å². The lowest BCUT2D eigenvalue weighted by molar-refractivity contribution is -0.130. The van der Waals surface area contributed by atoms with Crippen molar-refractivity contribution in [1.29, 1.82) is 0 Å². The minimum Gasteiger partial charge on any atom is -0.342 e. The fourth-order valence-electron chi connectivity index (χ4n) is 4.04. The van der Waals surface area contributed by atoms with Crippen molar-refractivity contribution in [3.05, 3.63) is 64.2 Å². The molecule has 156 valence electrons. The van der Waals surface area contributed by atoms with Crippen LogP contribution in [0.3, 0.4) is 0 Å². The van der Waals surface area contributed by atoms with Crippen molar-refractivity contribution in [2.45, 2.75) is 52.0 Å². The Morgan fingerprint density at radius 1 is 0.931 bits per heavy atom. The molecule has 0 N–H and O–H groups in total. The van der Waals surface area contributed by atoms with Gasteiger partial charge in [0, 0.05) is 19.6 Å². The monoisotopic (exact) mass is 414 g/mol. The second kappa shape index (κ2) is 8.67. The third kappa shape index (κ3) is 4.87. The van der Waals surface area contributed by atoms with Crippen LogP contribution >= 0.6 is 0 Å². The van der Waals surface area contributed by atoms with Crippen molar-refractivity contribution in [3.63, 3.8) is 0 Å². The molecule has 1 aliphatic heterocycles. The summed E-state index contributed by atoms with van der Waals surface area (Å²) < 4.78 is 28.7. The molecule has 1 fully saturated rings. The molecular formula is C23H30N2O3S. The van der Waals surface area contributed by atoms with Crippen molar-refractivity contribution in [2.75, 3.05) is 19.6 Å². The van der Waals surface area contributed by atoms with E-state index in [1.807, 2.05) is 64.1 Å². The first-order valence-electron chi connectivity index (χ1n) is 10.1. The van der Waals surface area contributed by atoms with Gasteiger partial charge in [-0.05, 0) is 57.2 Å². The summed E-state index contributed by atoms with van der Waals surface area (Å²) >= 11 is 0. The number of amides is 1. The molecule has 1 heterocycles. The Hall–Kier alpha value is -2.18. The molecule has 0 spiro atoms. The minimum absolute atomic E-state index is 0.124. The van der Waals surface area contributed by atoms with E-state index in [-0.39, 0.29) is 19.0 Å². The van der Waals surface area contributed by atoms with Gasteiger partial charge in [0.2, 0.25) is 15.9 Å². The third-order valence-electron chi connectivity index (χ3n) is 5.45. The molecule has 0 unspecified atom stereocenters. The number of sulfonamides is 1. The standard InChI is InChI=1S/C23H30N2O3S/c1-17-7-9-21(10-8-17)15-25(16-22(26)24-11-5-6-12-24)29(27,28)23-19(3)13-18(2)14-20(23)4/h7-10,13-14H,5-6,11-12,15-16H2,1-4H3. The molecule has 29 heavy (non-hydrogen) atoms. The first kappa shape index (κ1) is 21.5. The maximum absolute atomic E-state index is 13.7. The number of likely N-dealkylation sites (tertiary alicyclic amines) is 1. The Kier molecular flexibility index (Phi) is 6.44. The summed E-state index contributed by atoms with van der Waals surface area (Å²) in [7, 11) is -3.83. The molecule has 0 atom stereocenters. The molecule has 2 aromatic carbocycles. The number of carbonyl (C=O) groups excluding carboxylic acids is 1. The lowest BCUT2D eigenvalue weighted by Gasteiger charge is -2.26. The molecule has 6 heteroatoms. The molecule has 1 saturated heterocycles. The van der Waals surface area contributed by atoms with Crippen LogP contribution in [0.1, 0.15) is 40.7 Å². The highest BCUT2D eigenvalue weighted by Crippen LogP contribution is 2.27.